The maximum absolute atomic E-state index is 7.12. The molecule has 2 heterocycles. The molecule has 5 nitrogen and oxygen atoms in total. The molecule has 8 rings (SSSR count). The van der Waals surface area contributed by atoms with Crippen molar-refractivity contribution in [2.75, 3.05) is 13.7 Å². The van der Waals surface area contributed by atoms with Gasteiger partial charge in [0.1, 0.15) is 24.1 Å². The molecule has 0 bridgehead atoms. The molecule has 5 atom stereocenters. The highest BCUT2D eigenvalue weighted by Gasteiger charge is 2.49. The topological polar surface area (TPSA) is 46.2 Å². The van der Waals surface area contributed by atoms with Gasteiger partial charge < -0.3 is 23.7 Å². The van der Waals surface area contributed by atoms with Crippen LogP contribution < -0.4 is 4.74 Å². The van der Waals surface area contributed by atoms with Gasteiger partial charge in [-0.15, -0.1) is 23.1 Å². The predicted molar refractivity (Wildman–Crippen MR) is 233 cm³/mol. The van der Waals surface area contributed by atoms with E-state index in [9.17, 15) is 0 Å². The lowest BCUT2D eigenvalue weighted by atomic mass is 9.94. The molecule has 1 aliphatic heterocycles. The van der Waals surface area contributed by atoms with Crippen LogP contribution in [0.15, 0.2) is 170 Å². The lowest BCUT2D eigenvalue weighted by Crippen LogP contribution is -2.54. The Morgan fingerprint density at radius 1 is 0.491 bits per heavy atom. The van der Waals surface area contributed by atoms with E-state index in [1.165, 1.54) is 20.5 Å². The minimum absolute atomic E-state index is 0.0873. The van der Waals surface area contributed by atoms with Crippen molar-refractivity contribution in [3.63, 3.8) is 0 Å². The lowest BCUT2D eigenvalue weighted by molar-refractivity contribution is -0.160. The summed E-state index contributed by atoms with van der Waals surface area (Å²) in [6.45, 7) is 2.26. The van der Waals surface area contributed by atoms with Gasteiger partial charge in [-0.2, -0.15) is 0 Å². The average molecular weight is 793 g/mol. The first-order valence-corrected chi connectivity index (χ1v) is 21.3. The summed E-state index contributed by atoms with van der Waals surface area (Å²) in [5, 5.41) is 1.03. The number of hydrogen-bond donors (Lipinski definition) is 0. The summed E-state index contributed by atoms with van der Waals surface area (Å²) >= 11 is 3.70. The fraction of sp³-hybridized carbons (Fsp3) is 0.240. The first kappa shape index (κ1) is 39.1. The van der Waals surface area contributed by atoms with Crippen molar-refractivity contribution >= 4 is 33.2 Å². The largest absolute Gasteiger partial charge is 0.496 e. The number of thioether (sulfide) groups is 1. The highest BCUT2D eigenvalue weighted by molar-refractivity contribution is 8.00. The van der Waals surface area contributed by atoms with Crippen molar-refractivity contribution in [1.29, 1.82) is 0 Å². The van der Waals surface area contributed by atoms with Crippen LogP contribution in [0, 0.1) is 0 Å². The molecule has 57 heavy (non-hydrogen) atoms. The minimum atomic E-state index is -0.440. The fourth-order valence-corrected chi connectivity index (χ4v) is 10.2. The molecule has 6 aromatic carbocycles. The van der Waals surface area contributed by atoms with E-state index in [1.807, 2.05) is 47.4 Å². The third kappa shape index (κ3) is 10.2. The quantitative estimate of drug-likeness (QED) is 0.0915. The number of ether oxygens (including phenoxy) is 5. The number of methoxy groups -OCH3 is 1. The van der Waals surface area contributed by atoms with E-state index in [2.05, 4.69) is 146 Å². The van der Waals surface area contributed by atoms with Crippen molar-refractivity contribution in [2.24, 2.45) is 0 Å². The van der Waals surface area contributed by atoms with Gasteiger partial charge in [0.05, 0.1) is 50.6 Å². The van der Waals surface area contributed by atoms with Gasteiger partial charge in [-0.25, -0.2) is 0 Å². The second kappa shape index (κ2) is 19.6. The molecule has 7 heteroatoms. The van der Waals surface area contributed by atoms with Crippen LogP contribution in [0.25, 0.3) is 10.1 Å². The molecular formula is C50H48O5S2. The van der Waals surface area contributed by atoms with Crippen molar-refractivity contribution in [3.05, 3.63) is 208 Å². The number of thiophene rings is 1. The monoisotopic (exact) mass is 792 g/mol. The molecule has 0 spiro atoms. The zero-order valence-electron chi connectivity index (χ0n) is 32.2. The van der Waals surface area contributed by atoms with Gasteiger partial charge in [0, 0.05) is 21.6 Å². The molecule has 1 aliphatic rings. The standard InChI is InChI=1S/C50H48O5S2/c1-51-44-27-26-40(28-42-30-41-24-14-15-25-45(41)56-42)29-43(44)50-49(55-34-39-22-12-5-13-23-39)48(54-33-38-20-10-4-11-21-38)47(53-32-37-18-8-3-9-19-37)46(57-50)35-52-31-36-16-6-2-7-17-36/h2-27,29-30,46-50H,28,31-35H2,1H3/t46-,47-,48+,49-,50+/m1/s1. The summed E-state index contributed by atoms with van der Waals surface area (Å²) in [5.74, 6) is 0.829. The van der Waals surface area contributed by atoms with Gasteiger partial charge in [0.15, 0.2) is 0 Å². The maximum atomic E-state index is 7.12. The van der Waals surface area contributed by atoms with Crippen LogP contribution in [0.4, 0.5) is 0 Å². The predicted octanol–water partition coefficient (Wildman–Crippen LogP) is 11.6. The zero-order valence-corrected chi connectivity index (χ0v) is 33.8. The van der Waals surface area contributed by atoms with E-state index in [0.29, 0.717) is 33.0 Å². The second-order valence-electron chi connectivity index (χ2n) is 14.4. The fourth-order valence-electron chi connectivity index (χ4n) is 7.48. The first-order chi connectivity index (χ1) is 28.2. The number of fused-ring (bicyclic) bond motifs is 1. The van der Waals surface area contributed by atoms with Crippen LogP contribution >= 0.6 is 23.1 Å². The molecule has 1 saturated heterocycles. The minimum Gasteiger partial charge on any atom is -0.496 e. The third-order valence-electron chi connectivity index (χ3n) is 10.3. The van der Waals surface area contributed by atoms with Gasteiger partial charge in [-0.3, -0.25) is 0 Å². The molecule has 0 aliphatic carbocycles. The Labute approximate surface area is 344 Å². The van der Waals surface area contributed by atoms with Crippen LogP contribution in [-0.2, 0) is 51.8 Å². The molecule has 0 amide bonds. The summed E-state index contributed by atoms with van der Waals surface area (Å²) in [7, 11) is 1.76. The smallest absolute Gasteiger partial charge is 0.123 e. The van der Waals surface area contributed by atoms with Crippen LogP contribution in [0.5, 0.6) is 5.75 Å². The Morgan fingerprint density at radius 2 is 1.02 bits per heavy atom. The number of benzene rings is 6. The van der Waals surface area contributed by atoms with Gasteiger partial charge >= 0.3 is 0 Å². The van der Waals surface area contributed by atoms with Crippen molar-refractivity contribution < 1.29 is 23.7 Å². The number of rotatable bonds is 17. The van der Waals surface area contributed by atoms with Crippen molar-refractivity contribution in [1.82, 2.24) is 0 Å². The normalized spacial score (nSPS) is 19.4. The molecule has 290 valence electrons. The summed E-state index contributed by atoms with van der Waals surface area (Å²) in [6.07, 6.45) is -0.355. The highest BCUT2D eigenvalue weighted by Crippen LogP contribution is 2.50. The molecule has 0 N–H and O–H groups in total. The molecule has 1 fully saturated rings. The molecule has 0 unspecified atom stereocenters. The van der Waals surface area contributed by atoms with Crippen molar-refractivity contribution in [2.45, 2.75) is 61.7 Å². The highest BCUT2D eigenvalue weighted by atomic mass is 32.2. The molecule has 0 saturated carbocycles. The Balaban J connectivity index is 1.18. The molecule has 7 aromatic rings. The van der Waals surface area contributed by atoms with E-state index >= 15 is 0 Å². The zero-order chi connectivity index (χ0) is 38.7. The maximum Gasteiger partial charge on any atom is 0.123 e. The summed E-state index contributed by atoms with van der Waals surface area (Å²) in [4.78, 5) is 1.33. The van der Waals surface area contributed by atoms with Crippen LogP contribution in [-0.4, -0.2) is 37.3 Å². The summed E-state index contributed by atoms with van der Waals surface area (Å²) < 4.78 is 35.2. The Morgan fingerprint density at radius 3 is 1.60 bits per heavy atom. The summed E-state index contributed by atoms with van der Waals surface area (Å²) in [5.41, 5.74) is 6.74. The van der Waals surface area contributed by atoms with E-state index < -0.39 is 12.2 Å². The van der Waals surface area contributed by atoms with Crippen molar-refractivity contribution in [3.8, 4) is 5.75 Å². The third-order valence-corrected chi connectivity index (χ3v) is 13.0. The average Bonchev–Trinajstić information content (AvgIpc) is 3.68. The van der Waals surface area contributed by atoms with E-state index in [4.69, 9.17) is 23.7 Å². The van der Waals surface area contributed by atoms with Gasteiger partial charge in [0.25, 0.3) is 0 Å². The molecular weight excluding hydrogens is 745 g/mol. The lowest BCUT2D eigenvalue weighted by Gasteiger charge is -2.46. The first-order valence-electron chi connectivity index (χ1n) is 19.6. The summed E-state index contributed by atoms with van der Waals surface area (Å²) in [6, 6.07) is 59.0. The Hall–Kier alpha value is -4.73. The van der Waals surface area contributed by atoms with Gasteiger partial charge in [-0.1, -0.05) is 152 Å². The van der Waals surface area contributed by atoms with Crippen LogP contribution in [0.2, 0.25) is 0 Å². The number of hydrogen-bond acceptors (Lipinski definition) is 7. The van der Waals surface area contributed by atoms with Gasteiger partial charge in [-0.05, 0) is 51.4 Å². The Bertz CT molecular complexity index is 2230. The van der Waals surface area contributed by atoms with E-state index in [0.717, 1.165) is 40.0 Å². The molecule has 1 aromatic heterocycles. The van der Waals surface area contributed by atoms with E-state index in [1.54, 1.807) is 7.11 Å². The SMILES string of the molecule is COc1ccc(Cc2cc3ccccc3s2)cc1[C@@H]1S[C@H](COCc2ccccc2)[C@@H](OCc2ccccc2)[C@H](OCc2ccccc2)[C@H]1OCc1ccccc1. The van der Waals surface area contributed by atoms with Gasteiger partial charge in [0.2, 0.25) is 0 Å². The molecule has 0 radical (unpaired) electrons. The van der Waals surface area contributed by atoms with Crippen LogP contribution in [0.1, 0.15) is 43.5 Å². The Kier molecular flexibility index (Phi) is 13.5. The van der Waals surface area contributed by atoms with Crippen LogP contribution in [0.3, 0.4) is 0 Å². The second-order valence-corrected chi connectivity index (χ2v) is 16.9. The van der Waals surface area contributed by atoms with E-state index in [-0.39, 0.29) is 16.6 Å².